The van der Waals surface area contributed by atoms with Crippen molar-refractivity contribution < 1.29 is 32.6 Å². The maximum absolute atomic E-state index is 11.0. The Morgan fingerprint density at radius 3 is 2.51 bits per heavy atom. The minimum Gasteiger partial charge on any atom is -0.475 e. The molecule has 2 fully saturated rings. The van der Waals surface area contributed by atoms with Gasteiger partial charge >= 0.3 is 12.1 Å². The van der Waals surface area contributed by atoms with Crippen LogP contribution < -0.4 is 21.3 Å². The molecule has 0 atom stereocenters. The van der Waals surface area contributed by atoms with Crippen molar-refractivity contribution >= 4 is 35.0 Å². The molecule has 10 nitrogen and oxygen atoms in total. The van der Waals surface area contributed by atoms with E-state index in [4.69, 9.17) is 20.4 Å². The molecule has 0 spiro atoms. The number of carbonyl (C=O) groups excluding carboxylic acids is 1. The van der Waals surface area contributed by atoms with Crippen LogP contribution in [0.2, 0.25) is 0 Å². The van der Waals surface area contributed by atoms with Gasteiger partial charge in [-0.1, -0.05) is 6.07 Å². The van der Waals surface area contributed by atoms with Gasteiger partial charge in [-0.3, -0.25) is 4.79 Å². The number of carboxylic acids is 1. The number of alkyl halides is 3. The number of rotatable bonds is 8. The van der Waals surface area contributed by atoms with Crippen LogP contribution in [-0.4, -0.2) is 66.0 Å². The van der Waals surface area contributed by atoms with Crippen LogP contribution in [0.3, 0.4) is 0 Å². The number of amides is 1. The predicted molar refractivity (Wildman–Crippen MR) is 123 cm³/mol. The van der Waals surface area contributed by atoms with Crippen molar-refractivity contribution in [2.75, 3.05) is 48.4 Å². The Hall–Kier alpha value is -3.61. The molecule has 190 valence electrons. The first kappa shape index (κ1) is 26.0. The van der Waals surface area contributed by atoms with E-state index in [1.807, 2.05) is 18.3 Å². The summed E-state index contributed by atoms with van der Waals surface area (Å²) in [4.78, 5) is 31.4. The van der Waals surface area contributed by atoms with Crippen molar-refractivity contribution in [2.24, 2.45) is 5.73 Å². The summed E-state index contributed by atoms with van der Waals surface area (Å²) in [5.41, 5.74) is 8.44. The second kappa shape index (κ2) is 11.7. The van der Waals surface area contributed by atoms with Crippen LogP contribution in [0, 0.1) is 0 Å². The number of carboxylic acid groups (broad SMARTS) is 1. The molecule has 0 bridgehead atoms. The van der Waals surface area contributed by atoms with E-state index in [2.05, 4.69) is 37.6 Å². The first-order chi connectivity index (χ1) is 16.6. The second-order valence-electron chi connectivity index (χ2n) is 7.99. The lowest BCUT2D eigenvalue weighted by Crippen LogP contribution is -2.36. The van der Waals surface area contributed by atoms with E-state index >= 15 is 0 Å². The van der Waals surface area contributed by atoms with Gasteiger partial charge in [-0.05, 0) is 37.0 Å². The third kappa shape index (κ3) is 8.28. The topological polar surface area (TPSA) is 143 Å². The van der Waals surface area contributed by atoms with Crippen molar-refractivity contribution in [3.05, 3.63) is 36.0 Å². The number of ether oxygens (including phenoxy) is 1. The van der Waals surface area contributed by atoms with Gasteiger partial charge < -0.3 is 31.1 Å². The summed E-state index contributed by atoms with van der Waals surface area (Å²) in [6.45, 7) is 3.76. The zero-order chi connectivity index (χ0) is 25.4. The summed E-state index contributed by atoms with van der Waals surface area (Å²) in [7, 11) is 0. The molecule has 1 aromatic heterocycles. The molecule has 1 saturated carbocycles. The molecule has 1 aliphatic heterocycles. The summed E-state index contributed by atoms with van der Waals surface area (Å²) in [6, 6.07) is 8.23. The van der Waals surface area contributed by atoms with Crippen LogP contribution in [-0.2, 0) is 14.3 Å². The highest BCUT2D eigenvalue weighted by molar-refractivity contribution is 5.74. The number of anilines is 4. The highest BCUT2D eigenvalue weighted by Crippen LogP contribution is 2.42. The molecule has 35 heavy (non-hydrogen) atoms. The van der Waals surface area contributed by atoms with E-state index in [0.717, 1.165) is 61.9 Å². The Morgan fingerprint density at radius 2 is 1.91 bits per heavy atom. The molecule has 1 amide bonds. The lowest BCUT2D eigenvalue weighted by atomic mass is 10.2. The standard InChI is InChI=1S/C20H26N6O2.C2HF3O2/c21-18(27)6-7-22-19-17(14-4-5-14)13-23-20(25-19)24-15-2-1-3-16(12-15)26-8-10-28-11-9-26;3-2(4,5)1(6)7/h1-3,12-14H,4-11H2,(H2,21,27)(H2,22,23,24,25);(H,6,7). The van der Waals surface area contributed by atoms with Crippen LogP contribution in [0.25, 0.3) is 0 Å². The maximum atomic E-state index is 11.0. The number of nitrogens with zero attached hydrogens (tertiary/aromatic N) is 3. The molecule has 2 aliphatic rings. The summed E-state index contributed by atoms with van der Waals surface area (Å²) in [5.74, 6) is -1.26. The third-order valence-electron chi connectivity index (χ3n) is 5.22. The van der Waals surface area contributed by atoms with E-state index < -0.39 is 12.1 Å². The monoisotopic (exact) mass is 496 g/mol. The molecule has 4 rings (SSSR count). The van der Waals surface area contributed by atoms with Gasteiger partial charge in [0.2, 0.25) is 11.9 Å². The number of benzene rings is 1. The van der Waals surface area contributed by atoms with Crippen LogP contribution in [0.15, 0.2) is 30.5 Å². The average molecular weight is 496 g/mol. The van der Waals surface area contributed by atoms with Gasteiger partial charge in [0.25, 0.3) is 0 Å². The van der Waals surface area contributed by atoms with E-state index in [1.54, 1.807) is 0 Å². The quantitative estimate of drug-likeness (QED) is 0.434. The summed E-state index contributed by atoms with van der Waals surface area (Å²) >= 11 is 0. The largest absolute Gasteiger partial charge is 0.490 e. The number of hydrogen-bond acceptors (Lipinski definition) is 8. The van der Waals surface area contributed by atoms with E-state index in [0.29, 0.717) is 18.4 Å². The smallest absolute Gasteiger partial charge is 0.475 e. The fourth-order valence-electron chi connectivity index (χ4n) is 3.32. The molecule has 2 heterocycles. The average Bonchev–Trinajstić information content (AvgIpc) is 3.65. The minimum absolute atomic E-state index is 0.276. The van der Waals surface area contributed by atoms with Crippen molar-refractivity contribution in [3.63, 3.8) is 0 Å². The molecule has 2 aromatic rings. The molecule has 0 radical (unpaired) electrons. The van der Waals surface area contributed by atoms with Crippen molar-refractivity contribution in [1.29, 1.82) is 0 Å². The fraction of sp³-hybridized carbons (Fsp3) is 0.455. The Kier molecular flexibility index (Phi) is 8.68. The summed E-state index contributed by atoms with van der Waals surface area (Å²) < 4.78 is 37.2. The number of primary amides is 1. The van der Waals surface area contributed by atoms with Gasteiger partial charge in [0, 0.05) is 49.2 Å². The van der Waals surface area contributed by atoms with Crippen molar-refractivity contribution in [3.8, 4) is 0 Å². The van der Waals surface area contributed by atoms with Crippen molar-refractivity contribution in [2.45, 2.75) is 31.4 Å². The molecular formula is C22H27F3N6O4. The van der Waals surface area contributed by atoms with Gasteiger partial charge in [0.1, 0.15) is 5.82 Å². The zero-order valence-electron chi connectivity index (χ0n) is 18.8. The van der Waals surface area contributed by atoms with E-state index in [-0.39, 0.29) is 12.3 Å². The lowest BCUT2D eigenvalue weighted by Gasteiger charge is -2.29. The summed E-state index contributed by atoms with van der Waals surface area (Å²) in [5, 5.41) is 13.7. The molecule has 1 aromatic carbocycles. The number of halogens is 3. The zero-order valence-corrected chi connectivity index (χ0v) is 18.8. The Labute approximate surface area is 199 Å². The maximum Gasteiger partial charge on any atom is 0.490 e. The second-order valence-corrected chi connectivity index (χ2v) is 7.99. The molecule has 0 unspecified atom stereocenters. The highest BCUT2D eigenvalue weighted by Gasteiger charge is 2.38. The first-order valence-corrected chi connectivity index (χ1v) is 11.0. The van der Waals surface area contributed by atoms with Crippen LogP contribution in [0.1, 0.15) is 30.7 Å². The SMILES string of the molecule is NC(=O)CCNc1nc(Nc2cccc(N3CCOCC3)c2)ncc1C1CC1.O=C(O)C(F)(F)F. The van der Waals surface area contributed by atoms with Gasteiger partial charge in [-0.15, -0.1) is 0 Å². The molecular weight excluding hydrogens is 469 g/mol. The molecule has 1 saturated heterocycles. The lowest BCUT2D eigenvalue weighted by molar-refractivity contribution is -0.192. The number of morpholine rings is 1. The van der Waals surface area contributed by atoms with Crippen LogP contribution >= 0.6 is 0 Å². The highest BCUT2D eigenvalue weighted by atomic mass is 19.4. The van der Waals surface area contributed by atoms with Crippen molar-refractivity contribution in [1.82, 2.24) is 9.97 Å². The minimum atomic E-state index is -5.08. The number of nitrogens with two attached hydrogens (primary N) is 1. The number of carbonyl (C=O) groups is 2. The van der Waals surface area contributed by atoms with Gasteiger partial charge in [0.05, 0.1) is 13.2 Å². The van der Waals surface area contributed by atoms with Crippen LogP contribution in [0.4, 0.5) is 36.3 Å². The summed E-state index contributed by atoms with van der Waals surface area (Å²) in [6.07, 6.45) is -0.617. The van der Waals surface area contributed by atoms with E-state index in [9.17, 15) is 18.0 Å². The van der Waals surface area contributed by atoms with E-state index in [1.165, 1.54) is 0 Å². The Bertz CT molecular complexity index is 1030. The van der Waals surface area contributed by atoms with Crippen LogP contribution in [0.5, 0.6) is 0 Å². The predicted octanol–water partition coefficient (Wildman–Crippen LogP) is 2.85. The first-order valence-electron chi connectivity index (χ1n) is 11.0. The third-order valence-corrected chi connectivity index (χ3v) is 5.22. The number of nitrogens with one attached hydrogen (secondary N) is 2. The normalized spacial score (nSPS) is 15.6. The molecule has 5 N–H and O–H groups in total. The van der Waals surface area contributed by atoms with Gasteiger partial charge in [0.15, 0.2) is 0 Å². The number of aromatic nitrogens is 2. The number of hydrogen-bond donors (Lipinski definition) is 4. The Morgan fingerprint density at radius 1 is 1.23 bits per heavy atom. The fourth-order valence-corrected chi connectivity index (χ4v) is 3.32. The van der Waals surface area contributed by atoms with Gasteiger partial charge in [-0.2, -0.15) is 18.2 Å². The Balaban J connectivity index is 0.000000429. The number of aliphatic carboxylic acids is 1. The molecule has 13 heteroatoms. The molecule has 1 aliphatic carbocycles. The van der Waals surface area contributed by atoms with Gasteiger partial charge in [-0.25, -0.2) is 9.78 Å².